The topological polar surface area (TPSA) is 124 Å². The molecule has 1 atom stereocenters. The largest absolute Gasteiger partial charge is 0.471 e. The minimum Gasteiger partial charge on any atom is -0.471 e. The third-order valence-corrected chi connectivity index (χ3v) is 6.40. The molecule has 1 saturated heterocycles. The van der Waals surface area contributed by atoms with E-state index in [1.165, 1.54) is 15.6 Å². The highest BCUT2D eigenvalue weighted by molar-refractivity contribution is 6.30. The predicted molar refractivity (Wildman–Crippen MR) is 139 cm³/mol. The number of nitrogens with zero attached hydrogens (tertiary/aromatic N) is 6. The minimum absolute atomic E-state index is 0.0323. The average molecular weight is 544 g/mol. The molecule has 1 N–H and O–H groups in total. The van der Waals surface area contributed by atoms with Gasteiger partial charge in [0.2, 0.25) is 5.91 Å². The van der Waals surface area contributed by atoms with Gasteiger partial charge < -0.3 is 24.6 Å². The quantitative estimate of drug-likeness (QED) is 0.462. The molecule has 1 unspecified atom stereocenters. The Balaban J connectivity index is 1.35. The van der Waals surface area contributed by atoms with Crippen LogP contribution < -0.4 is 10.1 Å². The summed E-state index contributed by atoms with van der Waals surface area (Å²) in [6.07, 6.45) is 2.78. The molecule has 38 heavy (non-hydrogen) atoms. The van der Waals surface area contributed by atoms with Gasteiger partial charge in [-0.3, -0.25) is 14.3 Å². The van der Waals surface area contributed by atoms with Crippen LogP contribution in [0, 0.1) is 6.92 Å². The Morgan fingerprint density at radius 2 is 1.76 bits per heavy atom. The fourth-order valence-corrected chi connectivity index (χ4v) is 4.11. The fourth-order valence-electron chi connectivity index (χ4n) is 3.99. The van der Waals surface area contributed by atoms with Crippen molar-refractivity contribution in [3.63, 3.8) is 0 Å². The monoisotopic (exact) mass is 543 g/mol. The van der Waals surface area contributed by atoms with Gasteiger partial charge in [0, 0.05) is 43.6 Å². The second-order valence-corrected chi connectivity index (χ2v) is 9.13. The molecule has 0 aliphatic carbocycles. The van der Waals surface area contributed by atoms with Crippen LogP contribution in [0.2, 0.25) is 5.02 Å². The zero-order valence-electron chi connectivity index (χ0n) is 21.5. The number of aromatic nitrogens is 4. The van der Waals surface area contributed by atoms with Crippen molar-refractivity contribution < 1.29 is 23.9 Å². The summed E-state index contributed by atoms with van der Waals surface area (Å²) < 4.78 is 13.7. The van der Waals surface area contributed by atoms with Gasteiger partial charge in [-0.15, -0.1) is 0 Å². The highest BCUT2D eigenvalue weighted by Gasteiger charge is 2.29. The van der Waals surface area contributed by atoms with E-state index in [1.807, 2.05) is 0 Å². The number of halogens is 1. The average Bonchev–Trinajstić information content (AvgIpc) is 3.54. The smallest absolute Gasteiger partial charge is 0.409 e. The van der Waals surface area contributed by atoms with Gasteiger partial charge in [0.25, 0.3) is 5.91 Å². The molecule has 12 nitrogen and oxygen atoms in total. The Morgan fingerprint density at radius 3 is 2.45 bits per heavy atom. The molecule has 3 amide bonds. The Kier molecular flexibility index (Phi) is 8.52. The van der Waals surface area contributed by atoms with E-state index in [-0.39, 0.29) is 24.6 Å². The maximum absolute atomic E-state index is 13.1. The highest BCUT2D eigenvalue weighted by atomic mass is 35.5. The van der Waals surface area contributed by atoms with Crippen molar-refractivity contribution in [2.45, 2.75) is 33.5 Å². The molecular weight excluding hydrogens is 514 g/mol. The molecular formula is C25H30ClN7O5. The number of aryl methyl sites for hydroxylation is 1. The number of ether oxygens (including phenoxy) is 2. The molecule has 1 aromatic carbocycles. The second kappa shape index (κ2) is 12.0. The van der Waals surface area contributed by atoms with Crippen LogP contribution in [-0.4, -0.2) is 80.1 Å². The molecule has 4 rings (SSSR count). The molecule has 1 aliphatic heterocycles. The first kappa shape index (κ1) is 27.0. The lowest BCUT2D eigenvalue weighted by atomic mass is 10.2. The Morgan fingerprint density at radius 1 is 1.08 bits per heavy atom. The standard InChI is InChI=1S/C25H30ClN7O5/c1-4-37-25(36)31-13-11-30(12-14-31)24(35)18(3)32-15-21(17(2)29-32)28-23(34)22-9-10-27-33(22)16-38-20-7-5-19(26)6-8-20/h5-10,15,18H,4,11-14,16H2,1-3H3,(H,28,34). The first-order valence-corrected chi connectivity index (χ1v) is 12.6. The van der Waals surface area contributed by atoms with Gasteiger partial charge in [-0.2, -0.15) is 10.2 Å². The molecule has 13 heteroatoms. The molecule has 1 aliphatic rings. The van der Waals surface area contributed by atoms with E-state index in [2.05, 4.69) is 15.5 Å². The number of carbonyl (C=O) groups excluding carboxylic acids is 3. The number of amides is 3. The van der Waals surface area contributed by atoms with E-state index >= 15 is 0 Å². The molecule has 0 saturated carbocycles. The van der Waals surface area contributed by atoms with Gasteiger partial charge in [-0.25, -0.2) is 9.48 Å². The number of carbonyl (C=O) groups is 3. The van der Waals surface area contributed by atoms with Crippen LogP contribution >= 0.6 is 11.6 Å². The van der Waals surface area contributed by atoms with Gasteiger partial charge >= 0.3 is 6.09 Å². The number of hydrogen-bond donors (Lipinski definition) is 1. The van der Waals surface area contributed by atoms with Crippen molar-refractivity contribution in [1.29, 1.82) is 0 Å². The van der Waals surface area contributed by atoms with E-state index < -0.39 is 6.04 Å². The van der Waals surface area contributed by atoms with Crippen molar-refractivity contribution in [2.24, 2.45) is 0 Å². The van der Waals surface area contributed by atoms with E-state index in [1.54, 1.807) is 67.1 Å². The van der Waals surface area contributed by atoms with Crippen LogP contribution in [0.4, 0.5) is 10.5 Å². The summed E-state index contributed by atoms with van der Waals surface area (Å²) in [7, 11) is 0. The van der Waals surface area contributed by atoms with E-state index in [9.17, 15) is 14.4 Å². The maximum Gasteiger partial charge on any atom is 0.409 e. The molecule has 0 bridgehead atoms. The van der Waals surface area contributed by atoms with E-state index in [0.29, 0.717) is 60.6 Å². The van der Waals surface area contributed by atoms with Crippen molar-refractivity contribution in [3.05, 3.63) is 59.1 Å². The summed E-state index contributed by atoms with van der Waals surface area (Å²) in [6, 6.07) is 7.87. The maximum atomic E-state index is 13.1. The predicted octanol–water partition coefficient (Wildman–Crippen LogP) is 3.19. The number of benzene rings is 1. The Labute approximate surface area is 225 Å². The van der Waals surface area contributed by atoms with Gasteiger partial charge in [-0.05, 0) is 51.1 Å². The summed E-state index contributed by atoms with van der Waals surface area (Å²) in [4.78, 5) is 41.3. The van der Waals surface area contributed by atoms with Crippen LogP contribution in [0.3, 0.4) is 0 Å². The van der Waals surface area contributed by atoms with Crippen molar-refractivity contribution in [2.75, 3.05) is 38.1 Å². The van der Waals surface area contributed by atoms with Crippen LogP contribution in [0.25, 0.3) is 0 Å². The minimum atomic E-state index is -0.591. The Bertz CT molecular complexity index is 1280. The second-order valence-electron chi connectivity index (χ2n) is 8.69. The first-order chi connectivity index (χ1) is 18.3. The number of hydrogen-bond acceptors (Lipinski definition) is 7. The molecule has 0 radical (unpaired) electrons. The van der Waals surface area contributed by atoms with Crippen LogP contribution in [0.5, 0.6) is 5.75 Å². The normalized spacial score (nSPS) is 14.2. The number of rotatable bonds is 8. The van der Waals surface area contributed by atoms with Crippen LogP contribution in [-0.2, 0) is 16.3 Å². The number of anilines is 1. The van der Waals surface area contributed by atoms with Crippen molar-refractivity contribution in [1.82, 2.24) is 29.4 Å². The summed E-state index contributed by atoms with van der Waals surface area (Å²) in [5.74, 6) is 0.0829. The zero-order valence-corrected chi connectivity index (χ0v) is 22.2. The third-order valence-electron chi connectivity index (χ3n) is 6.15. The van der Waals surface area contributed by atoms with Gasteiger partial charge in [-0.1, -0.05) is 11.6 Å². The molecule has 3 heterocycles. The molecule has 0 spiro atoms. The van der Waals surface area contributed by atoms with Crippen LogP contribution in [0.15, 0.2) is 42.7 Å². The zero-order chi connectivity index (χ0) is 27.2. The highest BCUT2D eigenvalue weighted by Crippen LogP contribution is 2.20. The fraction of sp³-hybridized carbons (Fsp3) is 0.400. The molecule has 3 aromatic rings. The van der Waals surface area contributed by atoms with Gasteiger partial charge in [0.15, 0.2) is 6.73 Å². The lowest BCUT2D eigenvalue weighted by Crippen LogP contribution is -2.52. The Hall–Kier alpha value is -4.06. The SMILES string of the molecule is CCOC(=O)N1CCN(C(=O)C(C)n2cc(NC(=O)c3ccnn3COc3ccc(Cl)cc3)c(C)n2)CC1. The number of piperazine rings is 1. The summed E-state index contributed by atoms with van der Waals surface area (Å²) in [5, 5.41) is 12.1. The molecule has 202 valence electrons. The van der Waals surface area contributed by atoms with E-state index in [4.69, 9.17) is 21.1 Å². The first-order valence-electron chi connectivity index (χ1n) is 12.2. The van der Waals surface area contributed by atoms with Crippen LogP contribution in [0.1, 0.15) is 36.1 Å². The van der Waals surface area contributed by atoms with Gasteiger partial charge in [0.1, 0.15) is 17.5 Å². The lowest BCUT2D eigenvalue weighted by molar-refractivity contribution is -0.136. The lowest BCUT2D eigenvalue weighted by Gasteiger charge is -2.35. The van der Waals surface area contributed by atoms with Crippen molar-refractivity contribution in [3.8, 4) is 5.75 Å². The summed E-state index contributed by atoms with van der Waals surface area (Å²) in [6.45, 7) is 7.24. The number of nitrogens with one attached hydrogen (secondary N) is 1. The molecule has 2 aromatic heterocycles. The third kappa shape index (κ3) is 6.25. The van der Waals surface area contributed by atoms with E-state index in [0.717, 1.165) is 0 Å². The van der Waals surface area contributed by atoms with Crippen molar-refractivity contribution >= 4 is 35.2 Å². The summed E-state index contributed by atoms with van der Waals surface area (Å²) >= 11 is 5.90. The van der Waals surface area contributed by atoms with Gasteiger partial charge in [0.05, 0.1) is 18.0 Å². The summed E-state index contributed by atoms with van der Waals surface area (Å²) in [5.41, 5.74) is 1.34. The molecule has 1 fully saturated rings.